The molecular weight excluding hydrogens is 382 g/mol. The van der Waals surface area contributed by atoms with Crippen molar-refractivity contribution in [3.63, 3.8) is 0 Å². The molecule has 0 spiro atoms. The number of aryl methyl sites for hydroxylation is 1. The molecule has 1 amide bonds. The Morgan fingerprint density at radius 2 is 1.81 bits per heavy atom. The zero-order valence-corrected chi connectivity index (χ0v) is 15.5. The maximum absolute atomic E-state index is 13.3. The number of rotatable bonds is 5. The van der Waals surface area contributed by atoms with Gasteiger partial charge in [-0.1, -0.05) is 0 Å². The Morgan fingerprint density at radius 3 is 2.42 bits per heavy atom. The van der Waals surface area contributed by atoms with Crippen LogP contribution in [-0.2, 0) is 21.2 Å². The van der Waals surface area contributed by atoms with E-state index in [2.05, 4.69) is 0 Å². The van der Waals surface area contributed by atoms with Crippen LogP contribution in [0.15, 0.2) is 39.9 Å². The smallest absolute Gasteiger partial charge is 0.243 e. The van der Waals surface area contributed by atoms with Crippen LogP contribution in [0.4, 0.5) is 8.78 Å². The summed E-state index contributed by atoms with van der Waals surface area (Å²) >= 11 is 1.58. The first-order chi connectivity index (χ1) is 12.4. The standard InChI is InChI=1S/C17H18F2N2O3S2/c18-15-3-2-14(11-16(15)19)26(23,24)21-8-6-20(7-9-21)17(22)4-1-13-5-10-25-12-13/h2-3,5,10-12H,1,4,6-9H2. The van der Waals surface area contributed by atoms with Gasteiger partial charge in [0.05, 0.1) is 4.90 Å². The lowest BCUT2D eigenvalue weighted by Crippen LogP contribution is -2.50. The SMILES string of the molecule is O=C(CCc1ccsc1)N1CCN(S(=O)(=O)c2ccc(F)c(F)c2)CC1. The number of amides is 1. The third-order valence-corrected chi connectivity index (χ3v) is 6.95. The Balaban J connectivity index is 1.58. The number of piperazine rings is 1. The van der Waals surface area contributed by atoms with Crippen LogP contribution in [0.5, 0.6) is 0 Å². The molecule has 1 saturated heterocycles. The minimum Gasteiger partial charge on any atom is -0.340 e. The molecule has 1 aliphatic rings. The van der Waals surface area contributed by atoms with Gasteiger partial charge in [0, 0.05) is 32.6 Å². The predicted octanol–water partition coefficient (Wildman–Crippen LogP) is 2.49. The van der Waals surface area contributed by atoms with E-state index in [1.165, 1.54) is 4.31 Å². The van der Waals surface area contributed by atoms with Gasteiger partial charge in [-0.15, -0.1) is 0 Å². The second-order valence-corrected chi connectivity index (χ2v) is 8.71. The molecule has 2 heterocycles. The van der Waals surface area contributed by atoms with Crippen molar-refractivity contribution in [1.29, 1.82) is 0 Å². The summed E-state index contributed by atoms with van der Waals surface area (Å²) < 4.78 is 52.6. The van der Waals surface area contributed by atoms with Gasteiger partial charge in [0.25, 0.3) is 0 Å². The summed E-state index contributed by atoms with van der Waals surface area (Å²) in [6, 6.07) is 4.51. The number of hydrogen-bond acceptors (Lipinski definition) is 4. The van der Waals surface area contributed by atoms with Crippen LogP contribution in [0.1, 0.15) is 12.0 Å². The van der Waals surface area contributed by atoms with E-state index < -0.39 is 21.7 Å². The summed E-state index contributed by atoms with van der Waals surface area (Å²) in [6.45, 7) is 0.827. The zero-order valence-electron chi connectivity index (χ0n) is 13.9. The first-order valence-corrected chi connectivity index (χ1v) is 10.5. The molecule has 9 heteroatoms. The molecule has 1 aromatic heterocycles. The molecule has 2 aromatic rings. The highest BCUT2D eigenvalue weighted by molar-refractivity contribution is 7.89. The maximum atomic E-state index is 13.3. The van der Waals surface area contributed by atoms with Crippen molar-refractivity contribution in [1.82, 2.24) is 9.21 Å². The van der Waals surface area contributed by atoms with E-state index >= 15 is 0 Å². The van der Waals surface area contributed by atoms with E-state index in [4.69, 9.17) is 0 Å². The summed E-state index contributed by atoms with van der Waals surface area (Å²) in [5.41, 5.74) is 1.11. The van der Waals surface area contributed by atoms with Gasteiger partial charge < -0.3 is 4.90 Å². The van der Waals surface area contributed by atoms with Crippen molar-refractivity contribution >= 4 is 27.3 Å². The highest BCUT2D eigenvalue weighted by Gasteiger charge is 2.30. The van der Waals surface area contributed by atoms with Crippen LogP contribution in [0.2, 0.25) is 0 Å². The Morgan fingerprint density at radius 1 is 1.08 bits per heavy atom. The molecule has 0 unspecified atom stereocenters. The second kappa shape index (κ2) is 7.81. The Bertz CT molecular complexity index is 877. The fourth-order valence-corrected chi connectivity index (χ4v) is 4.95. The normalized spacial score (nSPS) is 16.0. The van der Waals surface area contributed by atoms with E-state index in [9.17, 15) is 22.0 Å². The van der Waals surface area contributed by atoms with Crippen LogP contribution >= 0.6 is 11.3 Å². The molecule has 0 radical (unpaired) electrons. The van der Waals surface area contributed by atoms with Crippen molar-refractivity contribution in [3.05, 3.63) is 52.2 Å². The van der Waals surface area contributed by atoms with Gasteiger partial charge in [0.1, 0.15) is 0 Å². The minimum atomic E-state index is -3.91. The summed E-state index contributed by atoms with van der Waals surface area (Å²) in [5, 5.41) is 3.96. The second-order valence-electron chi connectivity index (χ2n) is 5.99. The molecule has 1 aromatic carbocycles. The number of hydrogen-bond donors (Lipinski definition) is 0. The number of halogens is 2. The average molecular weight is 400 g/mol. The Kier molecular flexibility index (Phi) is 5.69. The fraction of sp³-hybridized carbons (Fsp3) is 0.353. The third kappa shape index (κ3) is 4.11. The molecule has 0 aliphatic carbocycles. The summed E-state index contributed by atoms with van der Waals surface area (Å²) in [4.78, 5) is 13.6. The van der Waals surface area contributed by atoms with Crippen molar-refractivity contribution in [2.24, 2.45) is 0 Å². The largest absolute Gasteiger partial charge is 0.340 e. The van der Waals surface area contributed by atoms with Crippen molar-refractivity contribution in [2.45, 2.75) is 17.7 Å². The van der Waals surface area contributed by atoms with Gasteiger partial charge in [0.2, 0.25) is 15.9 Å². The third-order valence-electron chi connectivity index (χ3n) is 4.33. The van der Waals surface area contributed by atoms with Gasteiger partial charge in [-0.2, -0.15) is 15.6 Å². The van der Waals surface area contributed by atoms with Gasteiger partial charge in [-0.3, -0.25) is 4.79 Å². The van der Waals surface area contributed by atoms with Crippen molar-refractivity contribution in [2.75, 3.05) is 26.2 Å². The van der Waals surface area contributed by atoms with Crippen molar-refractivity contribution in [3.8, 4) is 0 Å². The molecule has 0 saturated carbocycles. The number of carbonyl (C=O) groups excluding carboxylic acids is 1. The summed E-state index contributed by atoms with van der Waals surface area (Å²) in [7, 11) is -3.91. The van der Waals surface area contributed by atoms with E-state index in [0.29, 0.717) is 18.9 Å². The van der Waals surface area contributed by atoms with Crippen LogP contribution in [0.3, 0.4) is 0 Å². The van der Waals surface area contributed by atoms with Crippen LogP contribution < -0.4 is 0 Å². The van der Waals surface area contributed by atoms with Gasteiger partial charge in [-0.25, -0.2) is 17.2 Å². The maximum Gasteiger partial charge on any atom is 0.243 e. The van der Waals surface area contributed by atoms with Gasteiger partial charge >= 0.3 is 0 Å². The van der Waals surface area contributed by atoms with Gasteiger partial charge in [-0.05, 0) is 47.0 Å². The number of benzene rings is 1. The highest BCUT2D eigenvalue weighted by Crippen LogP contribution is 2.20. The van der Waals surface area contributed by atoms with E-state index in [1.54, 1.807) is 16.2 Å². The molecule has 3 rings (SSSR count). The first kappa shape index (κ1) is 18.9. The van der Waals surface area contributed by atoms with Crippen molar-refractivity contribution < 1.29 is 22.0 Å². The highest BCUT2D eigenvalue weighted by atomic mass is 32.2. The molecule has 0 N–H and O–H groups in total. The number of thiophene rings is 1. The lowest BCUT2D eigenvalue weighted by atomic mass is 10.1. The molecule has 1 aliphatic heterocycles. The van der Waals surface area contributed by atoms with E-state index in [1.807, 2.05) is 16.8 Å². The summed E-state index contributed by atoms with van der Waals surface area (Å²) in [6.07, 6.45) is 1.04. The molecule has 0 bridgehead atoms. The molecule has 5 nitrogen and oxygen atoms in total. The van der Waals surface area contributed by atoms with Gasteiger partial charge in [0.15, 0.2) is 11.6 Å². The minimum absolute atomic E-state index is 0.0129. The molecule has 1 fully saturated rings. The predicted molar refractivity (Wildman–Crippen MR) is 94.3 cm³/mol. The lowest BCUT2D eigenvalue weighted by molar-refractivity contribution is -0.132. The van der Waals surface area contributed by atoms with E-state index in [-0.39, 0.29) is 37.0 Å². The fourth-order valence-electron chi connectivity index (χ4n) is 2.81. The number of carbonyl (C=O) groups is 1. The number of sulfonamides is 1. The Hall–Kier alpha value is -1.84. The summed E-state index contributed by atoms with van der Waals surface area (Å²) in [5.74, 6) is -2.31. The monoisotopic (exact) mass is 400 g/mol. The zero-order chi connectivity index (χ0) is 18.7. The lowest BCUT2D eigenvalue weighted by Gasteiger charge is -2.34. The van der Waals surface area contributed by atoms with Crippen LogP contribution in [0.25, 0.3) is 0 Å². The topological polar surface area (TPSA) is 57.7 Å². The molecule has 140 valence electrons. The van der Waals surface area contributed by atoms with Crippen LogP contribution in [0, 0.1) is 11.6 Å². The quantitative estimate of drug-likeness (QED) is 0.775. The molecular formula is C17H18F2N2O3S2. The first-order valence-electron chi connectivity index (χ1n) is 8.12. The number of nitrogens with zero attached hydrogens (tertiary/aromatic N) is 2. The molecule has 0 atom stereocenters. The molecule has 26 heavy (non-hydrogen) atoms. The van der Waals surface area contributed by atoms with E-state index in [0.717, 1.165) is 17.7 Å². The average Bonchev–Trinajstić information content (AvgIpc) is 3.15. The Labute approximate surface area is 154 Å². The van der Waals surface area contributed by atoms with Crippen LogP contribution in [-0.4, -0.2) is 49.7 Å².